The lowest BCUT2D eigenvalue weighted by molar-refractivity contribution is 0.299. The van der Waals surface area contributed by atoms with Gasteiger partial charge in [0.15, 0.2) is 0 Å². The zero-order valence-corrected chi connectivity index (χ0v) is 10.5. The molecule has 2 rings (SSSR count). The Morgan fingerprint density at radius 2 is 2.06 bits per heavy atom. The van der Waals surface area contributed by atoms with Crippen LogP contribution in [-0.4, -0.2) is 36.0 Å². The number of nitrogens with zero attached hydrogens (tertiary/aromatic N) is 1. The lowest BCUT2D eigenvalue weighted by atomic mass is 10.1. The highest BCUT2D eigenvalue weighted by Gasteiger charge is 2.09. The van der Waals surface area contributed by atoms with Crippen molar-refractivity contribution < 1.29 is 0 Å². The molecule has 2 nitrogen and oxygen atoms in total. The molecular weight excluding hydrogens is 216 g/mol. The Hall–Kier alpha value is -0.670. The maximum atomic E-state index is 5.76. The number of hydrogen-bond acceptors (Lipinski definition) is 3. The number of thioether (sulfide) groups is 1. The fraction of sp³-hybridized carbons (Fsp3) is 0.538. The molecule has 1 heterocycles. The second kappa shape index (κ2) is 6.16. The van der Waals surface area contributed by atoms with Crippen molar-refractivity contribution in [1.29, 1.82) is 0 Å². The lowest BCUT2D eigenvalue weighted by Crippen LogP contribution is -2.33. The van der Waals surface area contributed by atoms with Crippen molar-refractivity contribution in [3.8, 4) is 0 Å². The van der Waals surface area contributed by atoms with Gasteiger partial charge in [0.05, 0.1) is 0 Å². The minimum Gasteiger partial charge on any atom is -0.399 e. The third-order valence-corrected chi connectivity index (χ3v) is 3.94. The molecular formula is C13H20N2S. The van der Waals surface area contributed by atoms with Crippen LogP contribution in [0.3, 0.4) is 0 Å². The van der Waals surface area contributed by atoms with Gasteiger partial charge in [0, 0.05) is 30.3 Å². The Labute approximate surface area is 102 Å². The molecule has 0 amide bonds. The zero-order valence-electron chi connectivity index (χ0n) is 9.69. The van der Waals surface area contributed by atoms with Crippen molar-refractivity contribution in [2.75, 3.05) is 36.9 Å². The van der Waals surface area contributed by atoms with Gasteiger partial charge < -0.3 is 10.6 Å². The Morgan fingerprint density at radius 3 is 2.81 bits per heavy atom. The van der Waals surface area contributed by atoms with Crippen LogP contribution in [0.4, 0.5) is 5.69 Å². The summed E-state index contributed by atoms with van der Waals surface area (Å²) in [5.41, 5.74) is 8.01. The molecule has 3 heteroatoms. The largest absolute Gasteiger partial charge is 0.399 e. The highest BCUT2D eigenvalue weighted by atomic mass is 32.2. The third kappa shape index (κ3) is 3.72. The SMILES string of the molecule is Nc1cccc(CCCN2CCSCC2)c1. The first kappa shape index (κ1) is 11.8. The molecule has 2 N–H and O–H groups in total. The second-order valence-electron chi connectivity index (χ2n) is 4.30. The van der Waals surface area contributed by atoms with Gasteiger partial charge in [-0.25, -0.2) is 0 Å². The zero-order chi connectivity index (χ0) is 11.2. The summed E-state index contributed by atoms with van der Waals surface area (Å²) in [4.78, 5) is 2.57. The van der Waals surface area contributed by atoms with Crippen LogP contribution >= 0.6 is 11.8 Å². The Morgan fingerprint density at radius 1 is 1.25 bits per heavy atom. The normalized spacial score (nSPS) is 17.5. The molecule has 1 aliphatic rings. The minimum absolute atomic E-state index is 0.881. The number of benzene rings is 1. The maximum Gasteiger partial charge on any atom is 0.0316 e. The van der Waals surface area contributed by atoms with Crippen LogP contribution in [0.1, 0.15) is 12.0 Å². The average molecular weight is 236 g/mol. The summed E-state index contributed by atoms with van der Waals surface area (Å²) >= 11 is 2.07. The van der Waals surface area contributed by atoms with Gasteiger partial charge in [-0.15, -0.1) is 0 Å². The molecule has 0 bridgehead atoms. The molecule has 0 atom stereocenters. The van der Waals surface area contributed by atoms with E-state index in [1.807, 2.05) is 12.1 Å². The quantitative estimate of drug-likeness (QED) is 0.813. The van der Waals surface area contributed by atoms with E-state index >= 15 is 0 Å². The number of nitrogens with two attached hydrogens (primary N) is 1. The van der Waals surface area contributed by atoms with Crippen molar-refractivity contribution in [3.05, 3.63) is 29.8 Å². The van der Waals surface area contributed by atoms with Crippen LogP contribution in [-0.2, 0) is 6.42 Å². The van der Waals surface area contributed by atoms with E-state index in [4.69, 9.17) is 5.73 Å². The minimum atomic E-state index is 0.881. The average Bonchev–Trinajstić information content (AvgIpc) is 2.30. The van der Waals surface area contributed by atoms with Crippen LogP contribution in [0.25, 0.3) is 0 Å². The molecule has 1 fully saturated rings. The van der Waals surface area contributed by atoms with E-state index in [9.17, 15) is 0 Å². The van der Waals surface area contributed by atoms with E-state index in [-0.39, 0.29) is 0 Å². The standard InChI is InChI=1S/C13H20N2S/c14-13-5-1-3-12(11-13)4-2-6-15-7-9-16-10-8-15/h1,3,5,11H,2,4,6-10,14H2. The molecule has 0 aliphatic carbocycles. The van der Waals surface area contributed by atoms with E-state index in [0.29, 0.717) is 0 Å². The molecule has 16 heavy (non-hydrogen) atoms. The summed E-state index contributed by atoms with van der Waals surface area (Å²) in [5.74, 6) is 2.61. The predicted molar refractivity (Wildman–Crippen MR) is 72.9 cm³/mol. The van der Waals surface area contributed by atoms with Gasteiger partial charge in [-0.3, -0.25) is 0 Å². The molecule has 1 aromatic carbocycles. The summed E-state index contributed by atoms with van der Waals surface area (Å²) in [6, 6.07) is 8.25. The molecule has 0 aromatic heterocycles. The summed E-state index contributed by atoms with van der Waals surface area (Å²) in [5, 5.41) is 0. The summed E-state index contributed by atoms with van der Waals surface area (Å²) in [7, 11) is 0. The summed E-state index contributed by atoms with van der Waals surface area (Å²) in [6.45, 7) is 3.76. The topological polar surface area (TPSA) is 29.3 Å². The van der Waals surface area contributed by atoms with Crippen LogP contribution in [0.15, 0.2) is 24.3 Å². The highest BCUT2D eigenvalue weighted by molar-refractivity contribution is 7.99. The summed E-state index contributed by atoms with van der Waals surface area (Å²) < 4.78 is 0. The van der Waals surface area contributed by atoms with Gasteiger partial charge in [-0.05, 0) is 37.1 Å². The number of anilines is 1. The van der Waals surface area contributed by atoms with E-state index in [2.05, 4.69) is 28.8 Å². The van der Waals surface area contributed by atoms with Gasteiger partial charge in [0.1, 0.15) is 0 Å². The van der Waals surface area contributed by atoms with Crippen molar-refractivity contribution >= 4 is 17.4 Å². The molecule has 0 saturated carbocycles. The monoisotopic (exact) mass is 236 g/mol. The molecule has 1 aliphatic heterocycles. The Bertz CT molecular complexity index is 321. The highest BCUT2D eigenvalue weighted by Crippen LogP contribution is 2.12. The molecule has 0 unspecified atom stereocenters. The number of hydrogen-bond donors (Lipinski definition) is 1. The first-order valence-electron chi connectivity index (χ1n) is 5.99. The van der Waals surface area contributed by atoms with E-state index in [1.165, 1.54) is 43.1 Å². The molecule has 88 valence electrons. The van der Waals surface area contributed by atoms with Crippen molar-refractivity contribution in [2.24, 2.45) is 0 Å². The predicted octanol–water partition coefficient (Wildman–Crippen LogP) is 2.25. The third-order valence-electron chi connectivity index (χ3n) is 2.99. The fourth-order valence-corrected chi connectivity index (χ4v) is 3.06. The van der Waals surface area contributed by atoms with Gasteiger partial charge in [-0.1, -0.05) is 12.1 Å². The molecule has 0 spiro atoms. The van der Waals surface area contributed by atoms with Crippen LogP contribution in [0.2, 0.25) is 0 Å². The molecule has 0 radical (unpaired) electrons. The smallest absolute Gasteiger partial charge is 0.0316 e. The van der Waals surface area contributed by atoms with Gasteiger partial charge >= 0.3 is 0 Å². The van der Waals surface area contributed by atoms with Crippen molar-refractivity contribution in [2.45, 2.75) is 12.8 Å². The Balaban J connectivity index is 1.71. The number of rotatable bonds is 4. The first-order chi connectivity index (χ1) is 7.84. The first-order valence-corrected chi connectivity index (χ1v) is 7.14. The summed E-state index contributed by atoms with van der Waals surface area (Å²) in [6.07, 6.45) is 2.39. The number of nitrogen functional groups attached to an aromatic ring is 1. The van der Waals surface area contributed by atoms with Crippen LogP contribution in [0.5, 0.6) is 0 Å². The van der Waals surface area contributed by atoms with Gasteiger partial charge in [-0.2, -0.15) is 11.8 Å². The molecule has 1 aromatic rings. The number of aryl methyl sites for hydroxylation is 1. The lowest BCUT2D eigenvalue weighted by Gasteiger charge is -2.25. The van der Waals surface area contributed by atoms with Crippen molar-refractivity contribution in [1.82, 2.24) is 4.90 Å². The fourth-order valence-electron chi connectivity index (χ4n) is 2.08. The van der Waals surface area contributed by atoms with Crippen molar-refractivity contribution in [3.63, 3.8) is 0 Å². The molecule has 1 saturated heterocycles. The Kier molecular flexibility index (Phi) is 4.55. The van der Waals surface area contributed by atoms with Gasteiger partial charge in [0.2, 0.25) is 0 Å². The second-order valence-corrected chi connectivity index (χ2v) is 5.53. The van der Waals surface area contributed by atoms with Gasteiger partial charge in [0.25, 0.3) is 0 Å². The van der Waals surface area contributed by atoms with E-state index < -0.39 is 0 Å². The van der Waals surface area contributed by atoms with E-state index in [1.54, 1.807) is 0 Å². The van der Waals surface area contributed by atoms with Crippen LogP contribution in [0, 0.1) is 0 Å². The van der Waals surface area contributed by atoms with E-state index in [0.717, 1.165) is 12.1 Å². The van der Waals surface area contributed by atoms with Crippen LogP contribution < -0.4 is 5.73 Å². The maximum absolute atomic E-state index is 5.76.